The second-order valence-electron chi connectivity index (χ2n) is 3.88. The Morgan fingerprint density at radius 3 is 2.94 bits per heavy atom. The van der Waals surface area contributed by atoms with Gasteiger partial charge in [0.1, 0.15) is 5.69 Å². The van der Waals surface area contributed by atoms with Crippen molar-refractivity contribution in [2.24, 2.45) is 0 Å². The van der Waals surface area contributed by atoms with Crippen LogP contribution in [0.3, 0.4) is 0 Å². The van der Waals surface area contributed by atoms with E-state index in [0.717, 1.165) is 5.69 Å². The molecular formula is C11H15N3O2. The molecule has 1 aliphatic heterocycles. The molecule has 1 unspecified atom stereocenters. The van der Waals surface area contributed by atoms with Crippen LogP contribution in [-0.4, -0.2) is 47.1 Å². The average molecular weight is 221 g/mol. The first-order valence-electron chi connectivity index (χ1n) is 5.32. The lowest BCUT2D eigenvalue weighted by Gasteiger charge is -2.14. The van der Waals surface area contributed by atoms with E-state index in [4.69, 9.17) is 0 Å². The van der Waals surface area contributed by atoms with Gasteiger partial charge in [0.25, 0.3) is 5.91 Å². The number of hydrogen-bond donors (Lipinski definition) is 2. The fourth-order valence-electron chi connectivity index (χ4n) is 1.76. The number of amides is 1. The maximum atomic E-state index is 11.9. The highest BCUT2D eigenvalue weighted by Gasteiger charge is 2.25. The van der Waals surface area contributed by atoms with Crippen LogP contribution in [0.2, 0.25) is 0 Å². The third-order valence-corrected chi connectivity index (χ3v) is 2.72. The highest BCUT2D eigenvalue weighted by atomic mass is 16.3. The molecule has 86 valence electrons. The van der Waals surface area contributed by atoms with Crippen LogP contribution in [0.25, 0.3) is 0 Å². The van der Waals surface area contributed by atoms with Gasteiger partial charge in [0.2, 0.25) is 0 Å². The van der Waals surface area contributed by atoms with Gasteiger partial charge >= 0.3 is 0 Å². The minimum absolute atomic E-state index is 0.112. The van der Waals surface area contributed by atoms with Crippen LogP contribution < -0.4 is 5.32 Å². The number of aliphatic hydroxyl groups excluding tert-OH is 1. The van der Waals surface area contributed by atoms with Crippen molar-refractivity contribution in [2.75, 3.05) is 25.5 Å². The Bertz CT molecular complexity index is 377. The quantitative estimate of drug-likeness (QED) is 0.755. The number of carbonyl (C=O) groups excluding carboxylic acids is 1. The maximum absolute atomic E-state index is 11.9. The molecule has 0 saturated carbocycles. The van der Waals surface area contributed by atoms with Crippen LogP contribution in [0.1, 0.15) is 16.9 Å². The molecule has 0 radical (unpaired) electrons. The molecule has 1 aliphatic rings. The lowest BCUT2D eigenvalue weighted by molar-refractivity contribution is 0.0759. The van der Waals surface area contributed by atoms with Gasteiger partial charge in [0, 0.05) is 20.1 Å². The van der Waals surface area contributed by atoms with Crippen molar-refractivity contribution < 1.29 is 9.90 Å². The molecule has 1 fully saturated rings. The lowest BCUT2D eigenvalue weighted by Crippen LogP contribution is -2.30. The van der Waals surface area contributed by atoms with E-state index in [9.17, 15) is 9.90 Å². The second-order valence-corrected chi connectivity index (χ2v) is 3.88. The summed E-state index contributed by atoms with van der Waals surface area (Å²) >= 11 is 0. The number of pyridine rings is 1. The van der Waals surface area contributed by atoms with E-state index in [2.05, 4.69) is 10.3 Å². The summed E-state index contributed by atoms with van der Waals surface area (Å²) in [6.45, 7) is 1.02. The van der Waals surface area contributed by atoms with Crippen molar-refractivity contribution in [3.63, 3.8) is 0 Å². The standard InChI is InChI=1S/C11H15N3O2/c1-12-8-2-3-10(13-6-8)11(16)14-5-4-9(15)7-14/h2-3,6,9,12,15H,4-5,7H2,1H3. The molecule has 2 N–H and O–H groups in total. The summed E-state index contributed by atoms with van der Waals surface area (Å²) in [5, 5.41) is 12.3. The van der Waals surface area contributed by atoms with E-state index in [0.29, 0.717) is 25.2 Å². The zero-order valence-corrected chi connectivity index (χ0v) is 9.18. The summed E-state index contributed by atoms with van der Waals surface area (Å²) in [4.78, 5) is 17.6. The Morgan fingerprint density at radius 1 is 1.62 bits per heavy atom. The molecule has 0 spiro atoms. The third-order valence-electron chi connectivity index (χ3n) is 2.72. The van der Waals surface area contributed by atoms with Crippen molar-refractivity contribution in [1.82, 2.24) is 9.88 Å². The molecule has 0 aromatic carbocycles. The first-order valence-corrected chi connectivity index (χ1v) is 5.32. The first-order chi connectivity index (χ1) is 7.70. The molecule has 1 amide bonds. The zero-order chi connectivity index (χ0) is 11.5. The number of rotatable bonds is 2. The Hall–Kier alpha value is -1.62. The molecular weight excluding hydrogens is 206 g/mol. The first kappa shape index (κ1) is 10.9. The summed E-state index contributed by atoms with van der Waals surface area (Å²) in [5.41, 5.74) is 1.30. The minimum Gasteiger partial charge on any atom is -0.391 e. The minimum atomic E-state index is -0.388. The van der Waals surface area contributed by atoms with Crippen LogP contribution >= 0.6 is 0 Å². The predicted octanol–water partition coefficient (Wildman–Crippen LogP) is 0.330. The smallest absolute Gasteiger partial charge is 0.272 e. The van der Waals surface area contributed by atoms with Gasteiger partial charge in [-0.15, -0.1) is 0 Å². The largest absolute Gasteiger partial charge is 0.391 e. The molecule has 16 heavy (non-hydrogen) atoms. The normalized spacial score (nSPS) is 19.9. The molecule has 1 aromatic heterocycles. The van der Waals surface area contributed by atoms with Gasteiger partial charge in [-0.05, 0) is 18.6 Å². The Morgan fingerprint density at radius 2 is 2.44 bits per heavy atom. The van der Waals surface area contributed by atoms with Crippen LogP contribution in [0, 0.1) is 0 Å². The molecule has 1 aromatic rings. The van der Waals surface area contributed by atoms with Crippen LogP contribution in [0.5, 0.6) is 0 Å². The number of nitrogens with one attached hydrogen (secondary N) is 1. The van der Waals surface area contributed by atoms with E-state index >= 15 is 0 Å². The van der Waals surface area contributed by atoms with Gasteiger partial charge in [0.15, 0.2) is 0 Å². The maximum Gasteiger partial charge on any atom is 0.272 e. The van der Waals surface area contributed by atoms with Crippen molar-refractivity contribution in [2.45, 2.75) is 12.5 Å². The van der Waals surface area contributed by atoms with E-state index in [1.807, 2.05) is 6.07 Å². The number of anilines is 1. The van der Waals surface area contributed by atoms with Gasteiger partial charge in [-0.3, -0.25) is 4.79 Å². The van der Waals surface area contributed by atoms with Crippen LogP contribution in [0.15, 0.2) is 18.3 Å². The second kappa shape index (κ2) is 4.49. The van der Waals surface area contributed by atoms with Gasteiger partial charge in [-0.1, -0.05) is 0 Å². The van der Waals surface area contributed by atoms with E-state index in [1.54, 1.807) is 24.2 Å². The summed E-state index contributed by atoms with van der Waals surface area (Å²) < 4.78 is 0. The lowest BCUT2D eigenvalue weighted by atomic mass is 10.3. The zero-order valence-electron chi connectivity index (χ0n) is 9.18. The van der Waals surface area contributed by atoms with Crippen molar-refractivity contribution >= 4 is 11.6 Å². The topological polar surface area (TPSA) is 65.5 Å². The highest BCUT2D eigenvalue weighted by Crippen LogP contribution is 2.13. The Kier molecular flexibility index (Phi) is 3.05. The molecule has 5 nitrogen and oxygen atoms in total. The number of aromatic nitrogens is 1. The molecule has 2 rings (SSSR count). The summed E-state index contributed by atoms with van der Waals surface area (Å²) in [5.74, 6) is -0.112. The fourth-order valence-corrected chi connectivity index (χ4v) is 1.76. The molecule has 2 heterocycles. The van der Waals surface area contributed by atoms with Crippen molar-refractivity contribution in [1.29, 1.82) is 0 Å². The van der Waals surface area contributed by atoms with Gasteiger partial charge in [-0.2, -0.15) is 0 Å². The summed E-state index contributed by atoms with van der Waals surface area (Å²) in [7, 11) is 1.80. The Balaban J connectivity index is 2.08. The van der Waals surface area contributed by atoms with Gasteiger partial charge in [0.05, 0.1) is 18.0 Å². The monoisotopic (exact) mass is 221 g/mol. The SMILES string of the molecule is CNc1ccc(C(=O)N2CCC(O)C2)nc1. The number of likely N-dealkylation sites (tertiary alicyclic amines) is 1. The number of β-amino-alcohol motifs (C(OH)–C–C–N with tert-alkyl or cyclic N) is 1. The fraction of sp³-hybridized carbons (Fsp3) is 0.455. The van der Waals surface area contributed by atoms with Crippen LogP contribution in [0.4, 0.5) is 5.69 Å². The summed E-state index contributed by atoms with van der Waals surface area (Å²) in [6.07, 6.45) is 1.89. The number of carbonyl (C=O) groups is 1. The van der Waals surface area contributed by atoms with Gasteiger partial charge in [-0.25, -0.2) is 4.98 Å². The number of aliphatic hydroxyl groups is 1. The number of nitrogens with zero attached hydrogens (tertiary/aromatic N) is 2. The number of hydrogen-bond acceptors (Lipinski definition) is 4. The molecule has 1 atom stereocenters. The molecule has 1 saturated heterocycles. The highest BCUT2D eigenvalue weighted by molar-refractivity contribution is 5.92. The third kappa shape index (κ3) is 2.14. The molecule has 5 heteroatoms. The van der Waals surface area contributed by atoms with E-state index in [-0.39, 0.29) is 12.0 Å². The van der Waals surface area contributed by atoms with Crippen LogP contribution in [-0.2, 0) is 0 Å². The van der Waals surface area contributed by atoms with E-state index in [1.165, 1.54) is 0 Å². The summed E-state index contributed by atoms with van der Waals surface area (Å²) in [6, 6.07) is 3.51. The predicted molar refractivity (Wildman–Crippen MR) is 60.3 cm³/mol. The van der Waals surface area contributed by atoms with Crippen molar-refractivity contribution in [3.8, 4) is 0 Å². The van der Waals surface area contributed by atoms with Crippen molar-refractivity contribution in [3.05, 3.63) is 24.0 Å². The Labute approximate surface area is 94.1 Å². The van der Waals surface area contributed by atoms with Gasteiger partial charge < -0.3 is 15.3 Å². The average Bonchev–Trinajstić information content (AvgIpc) is 2.75. The molecule has 0 aliphatic carbocycles. The van der Waals surface area contributed by atoms with E-state index < -0.39 is 0 Å². The molecule has 0 bridgehead atoms.